The third-order valence-corrected chi connectivity index (χ3v) is 4.03. The van der Waals surface area contributed by atoms with E-state index in [1.54, 1.807) is 13.4 Å². The van der Waals surface area contributed by atoms with Crippen LogP contribution >= 0.6 is 0 Å². The maximum absolute atomic E-state index is 5.48. The fraction of sp³-hybridized carbons (Fsp3) is 0.167. The second-order valence-electron chi connectivity index (χ2n) is 5.71. The van der Waals surface area contributed by atoms with E-state index in [2.05, 4.69) is 21.0 Å². The summed E-state index contributed by atoms with van der Waals surface area (Å²) in [5.41, 5.74) is 4.54. The van der Waals surface area contributed by atoms with Gasteiger partial charge in [0.05, 0.1) is 24.8 Å². The van der Waals surface area contributed by atoms with Crippen LogP contribution in [0, 0.1) is 6.92 Å². The first-order chi connectivity index (χ1) is 11.7. The van der Waals surface area contributed by atoms with Crippen LogP contribution in [0.3, 0.4) is 0 Å². The van der Waals surface area contributed by atoms with Crippen molar-refractivity contribution in [3.05, 3.63) is 54.9 Å². The largest absolute Gasteiger partial charge is 0.479 e. The van der Waals surface area contributed by atoms with Gasteiger partial charge in [0.15, 0.2) is 0 Å². The highest BCUT2D eigenvalue weighted by Gasteiger charge is 2.11. The zero-order valence-corrected chi connectivity index (χ0v) is 13.8. The van der Waals surface area contributed by atoms with Gasteiger partial charge in [-0.2, -0.15) is 0 Å². The summed E-state index contributed by atoms with van der Waals surface area (Å²) >= 11 is 0. The van der Waals surface area contributed by atoms with Crippen molar-refractivity contribution in [3.63, 3.8) is 0 Å². The van der Waals surface area contributed by atoms with Gasteiger partial charge in [-0.15, -0.1) is 0 Å². The van der Waals surface area contributed by atoms with Crippen LogP contribution < -0.4 is 4.74 Å². The van der Waals surface area contributed by atoms with Gasteiger partial charge < -0.3 is 13.9 Å². The van der Waals surface area contributed by atoms with Crippen LogP contribution in [0.15, 0.2) is 49.2 Å². The van der Waals surface area contributed by atoms with Crippen molar-refractivity contribution in [2.45, 2.75) is 6.92 Å². The van der Waals surface area contributed by atoms with Crippen molar-refractivity contribution in [1.29, 1.82) is 0 Å². The van der Waals surface area contributed by atoms with Gasteiger partial charge in [0, 0.05) is 36.6 Å². The normalized spacial score (nSPS) is 11.1. The second kappa shape index (κ2) is 5.49. The minimum absolute atomic E-state index is 0.554. The number of aryl methyl sites for hydroxylation is 2. The predicted octanol–water partition coefficient (Wildman–Crippen LogP) is 3.14. The second-order valence-corrected chi connectivity index (χ2v) is 5.71. The summed E-state index contributed by atoms with van der Waals surface area (Å²) in [5.74, 6) is 0.554. The number of hydrogen-bond donors (Lipinski definition) is 0. The van der Waals surface area contributed by atoms with Gasteiger partial charge in [0.1, 0.15) is 11.3 Å². The van der Waals surface area contributed by atoms with Crippen LogP contribution in [0.1, 0.15) is 5.69 Å². The Morgan fingerprint density at radius 3 is 2.75 bits per heavy atom. The molecule has 4 rings (SSSR count). The summed E-state index contributed by atoms with van der Waals surface area (Å²) in [5, 5.41) is 1.09. The maximum atomic E-state index is 5.48. The lowest BCUT2D eigenvalue weighted by atomic mass is 10.1. The number of hydrogen-bond acceptors (Lipinski definition) is 4. The number of methoxy groups -OCH3 is 1. The molecule has 4 aromatic rings. The number of fused-ring (bicyclic) bond motifs is 1. The Morgan fingerprint density at radius 2 is 2.00 bits per heavy atom. The molecule has 0 radical (unpaired) electrons. The molecule has 4 heterocycles. The van der Waals surface area contributed by atoms with E-state index in [9.17, 15) is 0 Å². The molecule has 6 heteroatoms. The van der Waals surface area contributed by atoms with E-state index in [0.29, 0.717) is 5.88 Å². The molecule has 0 aliphatic carbocycles. The van der Waals surface area contributed by atoms with Crippen LogP contribution in [0.25, 0.3) is 28.0 Å². The smallest absolute Gasteiger partial charge is 0.238 e. The van der Waals surface area contributed by atoms with E-state index in [1.165, 1.54) is 0 Å². The first-order valence-electron chi connectivity index (χ1n) is 7.63. The molecule has 0 saturated heterocycles. The van der Waals surface area contributed by atoms with E-state index >= 15 is 0 Å². The van der Waals surface area contributed by atoms with Crippen LogP contribution in [0.5, 0.6) is 5.88 Å². The first-order valence-corrected chi connectivity index (χ1v) is 7.63. The van der Waals surface area contributed by atoms with Gasteiger partial charge in [-0.1, -0.05) is 0 Å². The van der Waals surface area contributed by atoms with E-state index in [-0.39, 0.29) is 0 Å². The molecule has 0 unspecified atom stereocenters. The third kappa shape index (κ3) is 2.32. The number of ether oxygens (including phenoxy) is 1. The van der Waals surface area contributed by atoms with Crippen molar-refractivity contribution in [1.82, 2.24) is 24.1 Å². The summed E-state index contributed by atoms with van der Waals surface area (Å²) < 4.78 is 9.38. The lowest BCUT2D eigenvalue weighted by Crippen LogP contribution is -1.99. The van der Waals surface area contributed by atoms with Gasteiger partial charge in [0.25, 0.3) is 0 Å². The van der Waals surface area contributed by atoms with Crippen LogP contribution in [0.2, 0.25) is 0 Å². The SMILES string of the molecule is COc1nc(-c2cnc3c(ccn3C)c2)ccc1-n1cnc(C)c1. The van der Waals surface area contributed by atoms with Crippen LogP contribution in [0.4, 0.5) is 0 Å². The van der Waals surface area contributed by atoms with E-state index < -0.39 is 0 Å². The van der Waals surface area contributed by atoms with Crippen molar-refractivity contribution in [3.8, 4) is 22.8 Å². The highest BCUT2D eigenvalue weighted by molar-refractivity contribution is 5.81. The molecule has 4 aromatic heterocycles. The number of pyridine rings is 2. The molecule has 0 aliphatic heterocycles. The average Bonchev–Trinajstić information content (AvgIpc) is 3.20. The molecule has 0 atom stereocenters. The van der Waals surface area contributed by atoms with E-state index in [0.717, 1.165) is 33.7 Å². The number of nitrogens with zero attached hydrogens (tertiary/aromatic N) is 5. The number of rotatable bonds is 3. The molecule has 0 fully saturated rings. The molecule has 0 aliphatic rings. The quantitative estimate of drug-likeness (QED) is 0.582. The topological polar surface area (TPSA) is 57.8 Å². The average molecular weight is 319 g/mol. The molecule has 0 aromatic carbocycles. The highest BCUT2D eigenvalue weighted by atomic mass is 16.5. The number of imidazole rings is 1. The van der Waals surface area contributed by atoms with Gasteiger partial charge in [-0.25, -0.2) is 15.0 Å². The zero-order chi connectivity index (χ0) is 16.7. The Hall–Kier alpha value is -3.15. The lowest BCUT2D eigenvalue weighted by Gasteiger charge is -2.10. The summed E-state index contributed by atoms with van der Waals surface area (Å²) in [6.45, 7) is 1.95. The predicted molar refractivity (Wildman–Crippen MR) is 92.4 cm³/mol. The minimum Gasteiger partial charge on any atom is -0.479 e. The standard InChI is InChI=1S/C18H17N5O/c1-12-10-23(11-20-12)16-5-4-15(21-18(16)24-3)14-8-13-6-7-22(2)17(13)19-9-14/h4-11H,1-3H3. The fourth-order valence-corrected chi connectivity index (χ4v) is 2.79. The van der Waals surface area contributed by atoms with Crippen molar-refractivity contribution in [2.24, 2.45) is 7.05 Å². The molecule has 0 bridgehead atoms. The number of aromatic nitrogens is 5. The van der Waals surface area contributed by atoms with Crippen molar-refractivity contribution in [2.75, 3.05) is 7.11 Å². The molecule has 0 spiro atoms. The molecule has 24 heavy (non-hydrogen) atoms. The Balaban J connectivity index is 1.80. The van der Waals surface area contributed by atoms with Gasteiger partial charge in [-0.3, -0.25) is 0 Å². The van der Waals surface area contributed by atoms with E-state index in [1.807, 2.05) is 59.9 Å². The monoisotopic (exact) mass is 319 g/mol. The maximum Gasteiger partial charge on any atom is 0.238 e. The Morgan fingerprint density at radius 1 is 1.12 bits per heavy atom. The molecule has 120 valence electrons. The van der Waals surface area contributed by atoms with Gasteiger partial charge in [0.2, 0.25) is 5.88 Å². The van der Waals surface area contributed by atoms with Crippen LogP contribution in [-0.2, 0) is 7.05 Å². The molecule has 0 saturated carbocycles. The fourth-order valence-electron chi connectivity index (χ4n) is 2.79. The first kappa shape index (κ1) is 14.4. The van der Waals surface area contributed by atoms with E-state index in [4.69, 9.17) is 4.74 Å². The van der Waals surface area contributed by atoms with Gasteiger partial charge >= 0.3 is 0 Å². The molecule has 0 amide bonds. The summed E-state index contributed by atoms with van der Waals surface area (Å²) in [6.07, 6.45) is 7.54. The molecular formula is C18H17N5O. The Kier molecular flexibility index (Phi) is 3.30. The van der Waals surface area contributed by atoms with Crippen molar-refractivity contribution >= 4 is 11.0 Å². The summed E-state index contributed by atoms with van der Waals surface area (Å²) in [6, 6.07) is 8.09. The van der Waals surface area contributed by atoms with Crippen LogP contribution in [-0.4, -0.2) is 31.2 Å². The third-order valence-electron chi connectivity index (χ3n) is 4.03. The molecule has 0 N–H and O–H groups in total. The zero-order valence-electron chi connectivity index (χ0n) is 13.8. The van der Waals surface area contributed by atoms with Gasteiger partial charge in [-0.05, 0) is 31.2 Å². The Bertz CT molecular complexity index is 1030. The lowest BCUT2D eigenvalue weighted by molar-refractivity contribution is 0.396. The molecular weight excluding hydrogens is 302 g/mol. The minimum atomic E-state index is 0.554. The highest BCUT2D eigenvalue weighted by Crippen LogP contribution is 2.27. The Labute approximate surface area is 139 Å². The van der Waals surface area contributed by atoms with Crippen molar-refractivity contribution < 1.29 is 4.74 Å². The summed E-state index contributed by atoms with van der Waals surface area (Å²) in [7, 11) is 3.61. The summed E-state index contributed by atoms with van der Waals surface area (Å²) in [4.78, 5) is 13.4. The molecule has 6 nitrogen and oxygen atoms in total.